The Hall–Kier alpha value is -0.500. The van der Waals surface area contributed by atoms with Crippen LogP contribution in [0.25, 0.3) is 0 Å². The fourth-order valence-corrected chi connectivity index (χ4v) is 1.84. The molecule has 0 bridgehead atoms. The molecular formula is C8H12BrN3O2S. The number of primary sulfonamides is 1. The van der Waals surface area contributed by atoms with Gasteiger partial charge in [-0.25, -0.2) is 13.6 Å². The summed E-state index contributed by atoms with van der Waals surface area (Å²) in [5.41, 5.74) is 0.985. The topological polar surface area (TPSA) is 85.1 Å². The van der Waals surface area contributed by atoms with Gasteiger partial charge in [0.25, 0.3) is 0 Å². The Morgan fingerprint density at radius 2 is 2.20 bits per heavy atom. The molecule has 0 aliphatic heterocycles. The lowest BCUT2D eigenvalue weighted by Gasteiger charge is -2.03. The molecule has 0 saturated heterocycles. The minimum Gasteiger partial charge on any atom is -0.312 e. The third-order valence-corrected chi connectivity index (χ3v) is 2.86. The number of pyridine rings is 1. The van der Waals surface area contributed by atoms with Gasteiger partial charge in [-0.3, -0.25) is 4.98 Å². The second-order valence-electron chi connectivity index (χ2n) is 3.06. The normalized spacial score (nSPS) is 11.6. The summed E-state index contributed by atoms with van der Waals surface area (Å²) >= 11 is 3.30. The van der Waals surface area contributed by atoms with Crippen molar-refractivity contribution in [3.05, 3.63) is 28.5 Å². The van der Waals surface area contributed by atoms with E-state index < -0.39 is 10.0 Å². The Kier molecular flexibility index (Phi) is 4.65. The molecule has 0 radical (unpaired) electrons. The number of rotatable bonds is 5. The van der Waals surface area contributed by atoms with Crippen molar-refractivity contribution in [3.8, 4) is 0 Å². The quantitative estimate of drug-likeness (QED) is 0.761. The number of halogens is 1. The smallest absolute Gasteiger partial charge is 0.210 e. The second-order valence-corrected chi connectivity index (χ2v) is 5.70. The molecule has 3 N–H and O–H groups in total. The highest BCUT2D eigenvalue weighted by Gasteiger charge is 2.01. The van der Waals surface area contributed by atoms with E-state index in [9.17, 15) is 8.42 Å². The average Bonchev–Trinajstić information content (AvgIpc) is 2.11. The summed E-state index contributed by atoms with van der Waals surface area (Å²) in [4.78, 5) is 3.98. The second kappa shape index (κ2) is 5.55. The highest BCUT2D eigenvalue weighted by molar-refractivity contribution is 9.10. The lowest BCUT2D eigenvalue weighted by atomic mass is 10.3. The van der Waals surface area contributed by atoms with E-state index in [-0.39, 0.29) is 5.75 Å². The summed E-state index contributed by atoms with van der Waals surface area (Å²) in [7, 11) is -3.37. The SMILES string of the molecule is NS(=O)(=O)CCNCc1cncc(Br)c1. The van der Waals surface area contributed by atoms with E-state index >= 15 is 0 Å². The van der Waals surface area contributed by atoms with E-state index in [1.54, 1.807) is 12.4 Å². The molecular weight excluding hydrogens is 282 g/mol. The maximum absolute atomic E-state index is 10.6. The molecule has 0 fully saturated rings. The van der Waals surface area contributed by atoms with Gasteiger partial charge in [0.2, 0.25) is 10.0 Å². The van der Waals surface area contributed by atoms with Crippen LogP contribution in [0.4, 0.5) is 0 Å². The van der Waals surface area contributed by atoms with Gasteiger partial charge in [-0.05, 0) is 27.6 Å². The van der Waals surface area contributed by atoms with Crippen LogP contribution >= 0.6 is 15.9 Å². The largest absolute Gasteiger partial charge is 0.312 e. The Bertz CT molecular complexity index is 422. The number of aromatic nitrogens is 1. The van der Waals surface area contributed by atoms with Gasteiger partial charge < -0.3 is 5.32 Å². The van der Waals surface area contributed by atoms with Gasteiger partial charge in [0.1, 0.15) is 0 Å². The maximum atomic E-state index is 10.6. The zero-order valence-corrected chi connectivity index (χ0v) is 10.4. The highest BCUT2D eigenvalue weighted by atomic mass is 79.9. The van der Waals surface area contributed by atoms with E-state index in [1.165, 1.54) is 0 Å². The van der Waals surface area contributed by atoms with E-state index in [4.69, 9.17) is 5.14 Å². The fraction of sp³-hybridized carbons (Fsp3) is 0.375. The molecule has 1 rings (SSSR count). The number of nitrogens with zero attached hydrogens (tertiary/aromatic N) is 1. The number of nitrogens with two attached hydrogens (primary N) is 1. The van der Waals surface area contributed by atoms with E-state index in [1.807, 2.05) is 6.07 Å². The molecule has 5 nitrogen and oxygen atoms in total. The predicted octanol–water partition coefficient (Wildman–Crippen LogP) is 0.222. The Morgan fingerprint density at radius 3 is 2.80 bits per heavy atom. The maximum Gasteiger partial charge on any atom is 0.210 e. The summed E-state index contributed by atoms with van der Waals surface area (Å²) in [6, 6.07) is 1.91. The van der Waals surface area contributed by atoms with Crippen LogP contribution in [-0.2, 0) is 16.6 Å². The first kappa shape index (κ1) is 12.6. The fourth-order valence-electron chi connectivity index (χ4n) is 1.000. The van der Waals surface area contributed by atoms with Crippen molar-refractivity contribution < 1.29 is 8.42 Å². The molecule has 0 amide bonds. The molecule has 0 saturated carbocycles. The summed E-state index contributed by atoms with van der Waals surface area (Å²) in [6.45, 7) is 0.910. The lowest BCUT2D eigenvalue weighted by Crippen LogP contribution is -2.26. The van der Waals surface area contributed by atoms with Crippen LogP contribution in [0.1, 0.15) is 5.56 Å². The number of nitrogens with one attached hydrogen (secondary N) is 1. The summed E-state index contributed by atoms with van der Waals surface area (Å²) in [5, 5.41) is 7.82. The monoisotopic (exact) mass is 293 g/mol. The van der Waals surface area contributed by atoms with Crippen molar-refractivity contribution in [2.75, 3.05) is 12.3 Å². The third-order valence-electron chi connectivity index (χ3n) is 1.65. The third kappa shape index (κ3) is 5.83. The van der Waals surface area contributed by atoms with Gasteiger partial charge in [-0.1, -0.05) is 0 Å². The molecule has 1 heterocycles. The van der Waals surface area contributed by atoms with Crippen LogP contribution < -0.4 is 10.5 Å². The first-order valence-corrected chi connectivity index (χ1v) is 6.79. The van der Waals surface area contributed by atoms with E-state index in [0.717, 1.165) is 10.0 Å². The molecule has 84 valence electrons. The minimum atomic E-state index is -3.37. The molecule has 7 heteroatoms. The first-order chi connectivity index (χ1) is 6.97. The van der Waals surface area contributed by atoms with Crippen LogP contribution in [0, 0.1) is 0 Å². The van der Waals surface area contributed by atoms with Gasteiger partial charge in [-0.15, -0.1) is 0 Å². The summed E-state index contributed by atoms with van der Waals surface area (Å²) < 4.78 is 22.1. The zero-order valence-electron chi connectivity index (χ0n) is 7.98. The Balaban J connectivity index is 2.32. The molecule has 0 aliphatic carbocycles. The van der Waals surface area contributed by atoms with Gasteiger partial charge in [0, 0.05) is 30.0 Å². The minimum absolute atomic E-state index is 0.0611. The van der Waals surface area contributed by atoms with Crippen LogP contribution in [0.3, 0.4) is 0 Å². The number of hydrogen-bond acceptors (Lipinski definition) is 4. The van der Waals surface area contributed by atoms with E-state index in [0.29, 0.717) is 13.1 Å². The van der Waals surface area contributed by atoms with Crippen molar-refractivity contribution >= 4 is 26.0 Å². The van der Waals surface area contributed by atoms with Crippen molar-refractivity contribution in [1.82, 2.24) is 10.3 Å². The number of hydrogen-bond donors (Lipinski definition) is 2. The van der Waals surface area contributed by atoms with Crippen LogP contribution in [-0.4, -0.2) is 25.7 Å². The predicted molar refractivity (Wildman–Crippen MR) is 61.6 cm³/mol. The van der Waals surface area contributed by atoms with Gasteiger partial charge >= 0.3 is 0 Å². The first-order valence-electron chi connectivity index (χ1n) is 4.28. The Labute approximate surface area is 97.3 Å². The van der Waals surface area contributed by atoms with Crippen LogP contribution in [0.15, 0.2) is 22.9 Å². The molecule has 0 atom stereocenters. The Morgan fingerprint density at radius 1 is 1.47 bits per heavy atom. The highest BCUT2D eigenvalue weighted by Crippen LogP contribution is 2.08. The van der Waals surface area contributed by atoms with Crippen LogP contribution in [0.5, 0.6) is 0 Å². The van der Waals surface area contributed by atoms with Gasteiger partial charge in [0.15, 0.2) is 0 Å². The zero-order chi connectivity index (χ0) is 11.3. The molecule has 0 aromatic carbocycles. The molecule has 1 aromatic rings. The van der Waals surface area contributed by atoms with Crippen molar-refractivity contribution in [2.45, 2.75) is 6.54 Å². The number of sulfonamides is 1. The summed E-state index contributed by atoms with van der Waals surface area (Å²) in [6.07, 6.45) is 3.41. The molecule has 1 aromatic heterocycles. The van der Waals surface area contributed by atoms with Crippen molar-refractivity contribution in [1.29, 1.82) is 0 Å². The molecule has 0 spiro atoms. The van der Waals surface area contributed by atoms with Crippen molar-refractivity contribution in [2.24, 2.45) is 5.14 Å². The van der Waals surface area contributed by atoms with E-state index in [2.05, 4.69) is 26.2 Å². The van der Waals surface area contributed by atoms with Gasteiger partial charge in [0.05, 0.1) is 5.75 Å². The van der Waals surface area contributed by atoms with Crippen LogP contribution in [0.2, 0.25) is 0 Å². The average molecular weight is 294 g/mol. The molecule has 15 heavy (non-hydrogen) atoms. The lowest BCUT2D eigenvalue weighted by molar-refractivity contribution is 0.592. The van der Waals surface area contributed by atoms with Crippen molar-refractivity contribution in [3.63, 3.8) is 0 Å². The molecule has 0 aliphatic rings. The van der Waals surface area contributed by atoms with Gasteiger partial charge in [-0.2, -0.15) is 0 Å². The summed E-state index contributed by atoms with van der Waals surface area (Å²) in [5.74, 6) is -0.0611. The standard InChI is InChI=1S/C8H12BrN3O2S/c9-8-3-7(5-12-6-8)4-11-1-2-15(10,13)14/h3,5-6,11H,1-2,4H2,(H2,10,13,14). The molecule has 0 unspecified atom stereocenters.